The summed E-state index contributed by atoms with van der Waals surface area (Å²) in [6.45, 7) is 1.04. The van der Waals surface area contributed by atoms with Crippen molar-refractivity contribution in [1.29, 1.82) is 0 Å². The third kappa shape index (κ3) is 5.08. The van der Waals surface area contributed by atoms with Gasteiger partial charge in [0.1, 0.15) is 11.6 Å². The second kappa shape index (κ2) is 7.81. The Morgan fingerprint density at radius 1 is 1.37 bits per heavy atom. The van der Waals surface area contributed by atoms with Gasteiger partial charge in [0.05, 0.1) is 17.9 Å². The van der Waals surface area contributed by atoms with E-state index in [4.69, 9.17) is 0 Å². The monoisotopic (exact) mass is 380 g/mol. The van der Waals surface area contributed by atoms with Crippen LogP contribution in [0.15, 0.2) is 36.7 Å². The van der Waals surface area contributed by atoms with Gasteiger partial charge in [0, 0.05) is 25.1 Å². The van der Waals surface area contributed by atoms with Crippen molar-refractivity contribution < 1.29 is 22.7 Å². The normalized spacial score (nSPS) is 17.0. The molecule has 144 valence electrons. The van der Waals surface area contributed by atoms with Crippen LogP contribution in [-0.2, 0) is 4.79 Å². The zero-order valence-electron chi connectivity index (χ0n) is 14.6. The fourth-order valence-electron chi connectivity index (χ4n) is 2.90. The van der Waals surface area contributed by atoms with Crippen molar-refractivity contribution in [2.75, 3.05) is 18.5 Å². The lowest BCUT2D eigenvalue weighted by molar-refractivity contribution is -0.153. The summed E-state index contributed by atoms with van der Waals surface area (Å²) in [5, 5.41) is 6.03. The Morgan fingerprint density at radius 3 is 2.89 bits per heavy atom. The first-order chi connectivity index (χ1) is 12.8. The molecular formula is C18H19F3N4O2. The predicted molar refractivity (Wildman–Crippen MR) is 92.4 cm³/mol. The van der Waals surface area contributed by atoms with Crippen molar-refractivity contribution in [3.05, 3.63) is 47.9 Å². The minimum atomic E-state index is -4.40. The second-order valence-electron chi connectivity index (χ2n) is 6.34. The number of nitrogens with zero attached hydrogens (tertiary/aromatic N) is 2. The Hall–Kier alpha value is -2.84. The van der Waals surface area contributed by atoms with Gasteiger partial charge in [-0.05, 0) is 30.7 Å². The molecule has 3 heterocycles. The number of carbonyl (C=O) groups excluding carboxylic acids is 1. The molecule has 3 rings (SSSR count). The highest BCUT2D eigenvalue weighted by molar-refractivity contribution is 5.78. The molecule has 6 nitrogen and oxygen atoms in total. The van der Waals surface area contributed by atoms with Crippen LogP contribution in [0.4, 0.5) is 19.0 Å². The number of nitrogens with one attached hydrogen (secondary N) is 2. The summed E-state index contributed by atoms with van der Waals surface area (Å²) in [6, 6.07) is 6.35. The molecule has 0 fully saturated rings. The van der Waals surface area contributed by atoms with Gasteiger partial charge < -0.3 is 15.4 Å². The lowest BCUT2D eigenvalue weighted by atomic mass is 9.99. The van der Waals surface area contributed by atoms with Gasteiger partial charge in [0.15, 0.2) is 6.61 Å². The fourth-order valence-corrected chi connectivity index (χ4v) is 2.90. The summed E-state index contributed by atoms with van der Waals surface area (Å²) in [7, 11) is 0. The van der Waals surface area contributed by atoms with Gasteiger partial charge in [-0.15, -0.1) is 0 Å². The van der Waals surface area contributed by atoms with E-state index < -0.39 is 12.8 Å². The summed E-state index contributed by atoms with van der Waals surface area (Å²) in [5.74, 6) is 0.743. The lowest BCUT2D eigenvalue weighted by Crippen LogP contribution is -2.28. The molecule has 27 heavy (non-hydrogen) atoms. The number of anilines is 1. The Kier molecular flexibility index (Phi) is 5.48. The Balaban J connectivity index is 1.53. The highest BCUT2D eigenvalue weighted by atomic mass is 19.4. The Labute approximate surface area is 154 Å². The van der Waals surface area contributed by atoms with Gasteiger partial charge >= 0.3 is 6.18 Å². The number of hydrogen-bond acceptors (Lipinski definition) is 5. The lowest BCUT2D eigenvalue weighted by Gasteiger charge is -2.16. The SMILES string of the molecule is C[C@@H](NC(=O)CC1CNc2ncccc21)c1ccc(OCC(F)(F)F)cn1. The quantitative estimate of drug-likeness (QED) is 0.805. The second-order valence-corrected chi connectivity index (χ2v) is 6.34. The van der Waals surface area contributed by atoms with E-state index in [0.717, 1.165) is 11.4 Å². The molecule has 2 N–H and O–H groups in total. The first-order valence-corrected chi connectivity index (χ1v) is 8.45. The van der Waals surface area contributed by atoms with Crippen LogP contribution in [0.25, 0.3) is 0 Å². The Morgan fingerprint density at radius 2 is 2.19 bits per heavy atom. The number of rotatable bonds is 6. The van der Waals surface area contributed by atoms with Crippen LogP contribution in [0.3, 0.4) is 0 Å². The summed E-state index contributed by atoms with van der Waals surface area (Å²) >= 11 is 0. The molecule has 0 aliphatic carbocycles. The summed E-state index contributed by atoms with van der Waals surface area (Å²) in [4.78, 5) is 20.6. The van der Waals surface area contributed by atoms with E-state index in [1.807, 2.05) is 12.1 Å². The van der Waals surface area contributed by atoms with Gasteiger partial charge in [0.2, 0.25) is 5.91 Å². The van der Waals surface area contributed by atoms with Crippen molar-refractivity contribution in [1.82, 2.24) is 15.3 Å². The van der Waals surface area contributed by atoms with Crippen molar-refractivity contribution in [2.24, 2.45) is 0 Å². The maximum absolute atomic E-state index is 12.3. The topological polar surface area (TPSA) is 76.1 Å². The standard InChI is InChI=1S/C18H19F3N4O2/c1-11(15-5-4-13(9-23-15)27-10-18(19,20)21)25-16(26)7-12-8-24-17-14(12)3-2-6-22-17/h2-6,9,11-12H,7-8,10H2,1H3,(H,22,24)(H,25,26)/t11-,12?/m1/s1. The number of hydrogen-bond donors (Lipinski definition) is 2. The van der Waals surface area contributed by atoms with Gasteiger partial charge in [-0.1, -0.05) is 6.07 Å². The van der Waals surface area contributed by atoms with Crippen LogP contribution in [-0.4, -0.2) is 35.2 Å². The van der Waals surface area contributed by atoms with E-state index in [0.29, 0.717) is 18.7 Å². The van der Waals surface area contributed by atoms with Crippen LogP contribution in [0.5, 0.6) is 5.75 Å². The first-order valence-electron chi connectivity index (χ1n) is 8.45. The number of alkyl halides is 3. The third-order valence-corrected chi connectivity index (χ3v) is 4.21. The van der Waals surface area contributed by atoms with Crippen LogP contribution >= 0.6 is 0 Å². The number of ether oxygens (including phenoxy) is 1. The smallest absolute Gasteiger partial charge is 0.422 e. The summed E-state index contributed by atoms with van der Waals surface area (Å²) < 4.78 is 41.1. The number of aromatic nitrogens is 2. The predicted octanol–water partition coefficient (Wildman–Crippen LogP) is 3.19. The van der Waals surface area contributed by atoms with Crippen molar-refractivity contribution >= 4 is 11.7 Å². The largest absolute Gasteiger partial charge is 0.483 e. The number of pyridine rings is 2. The summed E-state index contributed by atoms with van der Waals surface area (Å²) in [5.41, 5.74) is 1.55. The van der Waals surface area contributed by atoms with Crippen LogP contribution in [0.2, 0.25) is 0 Å². The molecule has 2 aromatic heterocycles. The number of amides is 1. The molecule has 0 saturated carbocycles. The van der Waals surface area contributed by atoms with Gasteiger partial charge in [-0.25, -0.2) is 4.98 Å². The molecule has 0 saturated heterocycles. The maximum atomic E-state index is 12.3. The molecule has 9 heteroatoms. The van der Waals surface area contributed by atoms with Gasteiger partial charge in [-0.2, -0.15) is 13.2 Å². The molecule has 0 aromatic carbocycles. The minimum Gasteiger partial charge on any atom is -0.483 e. The van der Waals surface area contributed by atoms with Crippen LogP contribution in [0.1, 0.15) is 36.6 Å². The number of fused-ring (bicyclic) bond motifs is 1. The maximum Gasteiger partial charge on any atom is 0.422 e. The average Bonchev–Trinajstić information content (AvgIpc) is 3.03. The molecule has 1 amide bonds. The van der Waals surface area contributed by atoms with Crippen molar-refractivity contribution in [3.8, 4) is 5.75 Å². The van der Waals surface area contributed by atoms with Crippen molar-refractivity contribution in [2.45, 2.75) is 31.5 Å². The number of halogens is 3. The Bertz CT molecular complexity index is 796. The van der Waals surface area contributed by atoms with E-state index in [9.17, 15) is 18.0 Å². The van der Waals surface area contributed by atoms with Crippen LogP contribution < -0.4 is 15.4 Å². The molecule has 1 unspecified atom stereocenters. The zero-order chi connectivity index (χ0) is 19.4. The zero-order valence-corrected chi connectivity index (χ0v) is 14.6. The van der Waals surface area contributed by atoms with E-state index >= 15 is 0 Å². The van der Waals surface area contributed by atoms with Gasteiger partial charge in [-0.3, -0.25) is 9.78 Å². The summed E-state index contributed by atoms with van der Waals surface area (Å²) in [6.07, 6.45) is -1.18. The highest BCUT2D eigenvalue weighted by Crippen LogP contribution is 2.31. The molecule has 1 aliphatic rings. The van der Waals surface area contributed by atoms with E-state index in [-0.39, 0.29) is 23.6 Å². The van der Waals surface area contributed by atoms with E-state index in [1.165, 1.54) is 18.3 Å². The van der Waals surface area contributed by atoms with E-state index in [1.54, 1.807) is 13.1 Å². The highest BCUT2D eigenvalue weighted by Gasteiger charge is 2.28. The molecule has 2 atom stereocenters. The molecule has 0 radical (unpaired) electrons. The third-order valence-electron chi connectivity index (χ3n) is 4.21. The average molecular weight is 380 g/mol. The molecular weight excluding hydrogens is 361 g/mol. The number of carbonyl (C=O) groups is 1. The molecule has 0 bridgehead atoms. The van der Waals surface area contributed by atoms with Gasteiger partial charge in [0.25, 0.3) is 0 Å². The van der Waals surface area contributed by atoms with Crippen molar-refractivity contribution in [3.63, 3.8) is 0 Å². The fraction of sp³-hybridized carbons (Fsp3) is 0.389. The molecule has 1 aliphatic heterocycles. The first kappa shape index (κ1) is 18.9. The minimum absolute atomic E-state index is 0.0238. The molecule has 0 spiro atoms. The van der Waals surface area contributed by atoms with E-state index in [2.05, 4.69) is 25.3 Å². The van der Waals surface area contributed by atoms with Crippen LogP contribution in [0, 0.1) is 0 Å². The molecule has 2 aromatic rings.